The molecule has 3 nitrogen and oxygen atoms in total. The Hall–Kier alpha value is -0.570. The first-order valence-corrected chi connectivity index (χ1v) is 8.55. The van der Waals surface area contributed by atoms with Crippen molar-refractivity contribution in [3.63, 3.8) is 0 Å². The topological polar surface area (TPSA) is 46.2 Å². The van der Waals surface area contributed by atoms with Gasteiger partial charge in [-0.2, -0.15) is 0 Å². The molecule has 0 fully saturated rings. The summed E-state index contributed by atoms with van der Waals surface area (Å²) in [6.07, 6.45) is 14.2. The van der Waals surface area contributed by atoms with Gasteiger partial charge in [0, 0.05) is 6.42 Å². The third-order valence-electron chi connectivity index (χ3n) is 3.54. The van der Waals surface area contributed by atoms with E-state index in [4.69, 9.17) is 4.74 Å². The van der Waals surface area contributed by atoms with Gasteiger partial charge in [-0.25, -0.2) is 5.11 Å². The number of carbonyl (C=O) groups excluding carboxylic acids is 1. The maximum absolute atomic E-state index is 11.3. The zero-order chi connectivity index (χ0) is 14.9. The average Bonchev–Trinajstić information content (AvgIpc) is 2.45. The highest BCUT2D eigenvalue weighted by Gasteiger charge is 2.01. The predicted octanol–water partition coefficient (Wildman–Crippen LogP) is 5.05. The summed E-state index contributed by atoms with van der Waals surface area (Å²) >= 11 is 0. The van der Waals surface area contributed by atoms with Gasteiger partial charge in [-0.1, -0.05) is 64.7 Å². The second kappa shape index (κ2) is 16.5. The molecule has 1 radical (unpaired) electrons. The minimum absolute atomic E-state index is 0.0307. The van der Waals surface area contributed by atoms with Crippen molar-refractivity contribution in [3.05, 3.63) is 0 Å². The monoisotopic (exact) mass is 285 g/mol. The Bertz CT molecular complexity index is 204. The molecule has 0 atom stereocenters. The molecule has 0 amide bonds. The number of rotatable bonds is 15. The van der Waals surface area contributed by atoms with Crippen LogP contribution in [0.25, 0.3) is 0 Å². The Morgan fingerprint density at radius 3 is 1.75 bits per heavy atom. The Morgan fingerprint density at radius 2 is 1.25 bits per heavy atom. The zero-order valence-electron chi connectivity index (χ0n) is 13.3. The van der Waals surface area contributed by atoms with Gasteiger partial charge in [-0.3, -0.25) is 4.79 Å². The largest absolute Gasteiger partial charge is 0.466 e. The highest BCUT2D eigenvalue weighted by molar-refractivity contribution is 5.69. The van der Waals surface area contributed by atoms with Crippen LogP contribution >= 0.6 is 0 Å². The summed E-state index contributed by atoms with van der Waals surface area (Å²) in [6.45, 7) is 2.76. The number of carbonyl (C=O) groups is 1. The Morgan fingerprint density at radius 1 is 0.750 bits per heavy atom. The van der Waals surface area contributed by atoms with Gasteiger partial charge in [-0.15, -0.1) is 0 Å². The van der Waals surface area contributed by atoms with Gasteiger partial charge in [0.25, 0.3) is 0 Å². The van der Waals surface area contributed by atoms with Gasteiger partial charge in [0.1, 0.15) is 0 Å². The van der Waals surface area contributed by atoms with Crippen LogP contribution in [0.5, 0.6) is 0 Å². The molecule has 0 aromatic carbocycles. The highest BCUT2D eigenvalue weighted by Crippen LogP contribution is 2.11. The van der Waals surface area contributed by atoms with Gasteiger partial charge >= 0.3 is 5.97 Å². The van der Waals surface area contributed by atoms with Crippen LogP contribution in [0, 0.1) is 0 Å². The number of hydrogen-bond acceptors (Lipinski definition) is 2. The van der Waals surface area contributed by atoms with E-state index in [-0.39, 0.29) is 12.6 Å². The Balaban J connectivity index is 3.07. The zero-order valence-corrected chi connectivity index (χ0v) is 13.3. The summed E-state index contributed by atoms with van der Waals surface area (Å²) in [7, 11) is 0. The summed E-state index contributed by atoms with van der Waals surface area (Å²) < 4.78 is 5.11. The molecule has 0 spiro atoms. The van der Waals surface area contributed by atoms with Crippen molar-refractivity contribution in [3.8, 4) is 0 Å². The van der Waals surface area contributed by atoms with E-state index in [9.17, 15) is 9.90 Å². The van der Waals surface area contributed by atoms with E-state index in [0.29, 0.717) is 13.0 Å². The van der Waals surface area contributed by atoms with Gasteiger partial charge in [0.05, 0.1) is 13.2 Å². The van der Waals surface area contributed by atoms with Crippen molar-refractivity contribution in [1.29, 1.82) is 0 Å². The van der Waals surface area contributed by atoms with Crippen LogP contribution in [0.3, 0.4) is 0 Å². The maximum Gasteiger partial charge on any atom is 0.305 e. The average molecular weight is 285 g/mol. The molecule has 0 N–H and O–H groups in total. The summed E-state index contributed by atoms with van der Waals surface area (Å²) in [5, 5.41) is 10.3. The second-order valence-corrected chi connectivity index (χ2v) is 5.56. The second-order valence-electron chi connectivity index (χ2n) is 5.56. The van der Waals surface area contributed by atoms with E-state index in [2.05, 4.69) is 6.92 Å². The number of ether oxygens (including phenoxy) is 1. The standard InChI is InChI=1S/C17H33O3/c1-2-3-16-20-17(19)14-12-10-8-6-4-5-7-9-11-13-15-18/h2-16H2,1H3. The molecule has 0 saturated carbocycles. The fourth-order valence-corrected chi connectivity index (χ4v) is 2.19. The minimum atomic E-state index is -0.0307. The van der Waals surface area contributed by atoms with E-state index < -0.39 is 0 Å². The van der Waals surface area contributed by atoms with Crippen LogP contribution < -0.4 is 0 Å². The van der Waals surface area contributed by atoms with Crippen molar-refractivity contribution >= 4 is 5.97 Å². The molecule has 3 heteroatoms. The quantitative estimate of drug-likeness (QED) is 0.312. The lowest BCUT2D eigenvalue weighted by Crippen LogP contribution is -2.05. The molecule has 0 aromatic rings. The summed E-state index contributed by atoms with van der Waals surface area (Å²) in [5.41, 5.74) is 0. The Kier molecular flexibility index (Phi) is 16.0. The summed E-state index contributed by atoms with van der Waals surface area (Å²) in [6, 6.07) is 0. The van der Waals surface area contributed by atoms with E-state index in [1.807, 2.05) is 0 Å². The molecule has 0 aliphatic rings. The van der Waals surface area contributed by atoms with Gasteiger partial charge in [-0.05, 0) is 19.3 Å². The fraction of sp³-hybridized carbons (Fsp3) is 0.941. The number of hydrogen-bond donors (Lipinski definition) is 0. The van der Waals surface area contributed by atoms with Crippen LogP contribution in [0.1, 0.15) is 90.4 Å². The van der Waals surface area contributed by atoms with Gasteiger partial charge in [0.2, 0.25) is 0 Å². The third-order valence-corrected chi connectivity index (χ3v) is 3.54. The first-order valence-electron chi connectivity index (χ1n) is 8.55. The normalized spacial score (nSPS) is 10.7. The lowest BCUT2D eigenvalue weighted by atomic mass is 10.1. The van der Waals surface area contributed by atoms with Crippen LogP contribution in [-0.4, -0.2) is 19.2 Å². The van der Waals surface area contributed by atoms with Crippen LogP contribution in [0.4, 0.5) is 0 Å². The summed E-state index contributed by atoms with van der Waals surface area (Å²) in [5.74, 6) is -0.0307. The molecule has 0 rings (SSSR count). The van der Waals surface area contributed by atoms with Crippen LogP contribution in [0.15, 0.2) is 0 Å². The molecule has 0 saturated heterocycles. The smallest absolute Gasteiger partial charge is 0.305 e. The summed E-state index contributed by atoms with van der Waals surface area (Å²) in [4.78, 5) is 11.3. The van der Waals surface area contributed by atoms with Crippen molar-refractivity contribution in [2.24, 2.45) is 0 Å². The maximum atomic E-state index is 11.3. The lowest BCUT2D eigenvalue weighted by Gasteiger charge is -2.04. The van der Waals surface area contributed by atoms with E-state index >= 15 is 0 Å². The Labute approximate surface area is 125 Å². The van der Waals surface area contributed by atoms with Crippen molar-refractivity contribution in [1.82, 2.24) is 0 Å². The molecular weight excluding hydrogens is 252 g/mol. The van der Waals surface area contributed by atoms with Gasteiger partial charge in [0.15, 0.2) is 0 Å². The molecule has 0 aliphatic carbocycles. The number of esters is 1. The highest BCUT2D eigenvalue weighted by atomic mass is 16.5. The number of unbranched alkanes of at least 4 members (excludes halogenated alkanes) is 10. The molecule has 20 heavy (non-hydrogen) atoms. The molecule has 0 bridgehead atoms. The first-order chi connectivity index (χ1) is 9.81. The molecule has 0 unspecified atom stereocenters. The van der Waals surface area contributed by atoms with E-state index in [1.165, 1.54) is 38.5 Å². The van der Waals surface area contributed by atoms with E-state index in [1.54, 1.807) is 0 Å². The van der Waals surface area contributed by atoms with E-state index in [0.717, 1.165) is 38.5 Å². The fourth-order valence-electron chi connectivity index (χ4n) is 2.19. The first kappa shape index (κ1) is 19.4. The van der Waals surface area contributed by atoms with Gasteiger partial charge < -0.3 is 4.74 Å². The predicted molar refractivity (Wildman–Crippen MR) is 82.2 cm³/mol. The lowest BCUT2D eigenvalue weighted by molar-refractivity contribution is -0.143. The molecule has 0 heterocycles. The molecule has 119 valence electrons. The van der Waals surface area contributed by atoms with Crippen LogP contribution in [-0.2, 0) is 14.6 Å². The van der Waals surface area contributed by atoms with Crippen molar-refractivity contribution in [2.45, 2.75) is 90.4 Å². The van der Waals surface area contributed by atoms with Crippen molar-refractivity contribution in [2.75, 3.05) is 13.2 Å². The SMILES string of the molecule is CCCCOC(=O)CCCCCCCCCCCC[O]. The molecule has 0 aromatic heterocycles. The molecule has 0 aliphatic heterocycles. The van der Waals surface area contributed by atoms with Crippen molar-refractivity contribution < 1.29 is 14.6 Å². The minimum Gasteiger partial charge on any atom is -0.466 e. The third kappa shape index (κ3) is 15.5. The van der Waals surface area contributed by atoms with Crippen LogP contribution in [0.2, 0.25) is 0 Å². The molecular formula is C17H33O3.